The molecule has 0 nitrogen and oxygen atoms in total. The molecule has 0 rings (SSSR count). The van der Waals surface area contributed by atoms with Crippen molar-refractivity contribution >= 4 is 99.0 Å². The Morgan fingerprint density at radius 1 is 0.500 bits per heavy atom. The topological polar surface area (TPSA) is 0 Å². The Balaban J connectivity index is 0. The molecular formula is PbSn3. The van der Waals surface area contributed by atoms with Gasteiger partial charge in [-0.1, -0.05) is 0 Å². The summed E-state index contributed by atoms with van der Waals surface area (Å²) < 4.78 is 0. The molecule has 0 aromatic heterocycles. The fraction of sp³-hybridized carbons (Fsp3) is 0. The van der Waals surface area contributed by atoms with Crippen molar-refractivity contribution < 1.29 is 0 Å². The average molecular weight is 563 g/mol. The fourth-order valence-electron chi connectivity index (χ4n) is 0. The van der Waals surface area contributed by atoms with Crippen LogP contribution in [0.25, 0.3) is 0 Å². The van der Waals surface area contributed by atoms with E-state index >= 15 is 0 Å². The van der Waals surface area contributed by atoms with Gasteiger partial charge in [-0.2, -0.15) is 0 Å². The van der Waals surface area contributed by atoms with Gasteiger partial charge in [0.15, 0.2) is 0 Å². The van der Waals surface area contributed by atoms with E-state index in [1.807, 2.05) is 0 Å². The maximum atomic E-state index is 0. The van der Waals surface area contributed by atoms with Crippen LogP contribution < -0.4 is 0 Å². The summed E-state index contributed by atoms with van der Waals surface area (Å²) >= 11 is 0. The zero-order chi connectivity index (χ0) is 0. The quantitative estimate of drug-likeness (QED) is 0.315. The van der Waals surface area contributed by atoms with Crippen molar-refractivity contribution in [2.75, 3.05) is 0 Å². The second kappa shape index (κ2) is 16.2. The Bertz CT molecular complexity index is 3.25. The van der Waals surface area contributed by atoms with Crippen molar-refractivity contribution in [3.05, 3.63) is 0 Å². The first-order chi connectivity index (χ1) is 0. The summed E-state index contributed by atoms with van der Waals surface area (Å²) in [6.07, 6.45) is 0. The monoisotopic (exact) mass is 568 g/mol. The summed E-state index contributed by atoms with van der Waals surface area (Å²) in [7, 11) is 0. The molecule has 0 saturated carbocycles. The third kappa shape index (κ3) is 9.01. The first-order valence-corrected chi connectivity index (χ1v) is 0. The molecule has 0 aliphatic rings. The van der Waals surface area contributed by atoms with Crippen molar-refractivity contribution in [1.29, 1.82) is 0 Å². The molecule has 0 saturated heterocycles. The minimum Gasteiger partial charge on any atom is 0 e. The summed E-state index contributed by atoms with van der Waals surface area (Å²) in [6.45, 7) is 0. The van der Waals surface area contributed by atoms with E-state index < -0.39 is 0 Å². The van der Waals surface area contributed by atoms with E-state index in [2.05, 4.69) is 0 Å². The van der Waals surface area contributed by atoms with Crippen molar-refractivity contribution in [3.8, 4) is 0 Å². The van der Waals surface area contributed by atoms with E-state index in [1.165, 1.54) is 0 Å². The fourth-order valence-corrected chi connectivity index (χ4v) is 0. The van der Waals surface area contributed by atoms with Gasteiger partial charge in [-0.15, -0.1) is 0 Å². The normalized spacial score (nSPS) is 0. The summed E-state index contributed by atoms with van der Waals surface area (Å²) in [4.78, 5) is 0. The minimum atomic E-state index is 0. The van der Waals surface area contributed by atoms with Gasteiger partial charge in [-0.3, -0.25) is 0 Å². The van der Waals surface area contributed by atoms with E-state index in [0.29, 0.717) is 0 Å². The molecule has 0 bridgehead atoms. The summed E-state index contributed by atoms with van der Waals surface area (Å²) in [5, 5.41) is 0. The zero-order valence-electron chi connectivity index (χ0n) is 2.00. The Labute approximate surface area is 96.9 Å². The number of rotatable bonds is 0. The van der Waals surface area contributed by atoms with Gasteiger partial charge in [0.25, 0.3) is 0 Å². The number of hydrogen-bond donors (Lipinski definition) is 0. The maximum Gasteiger partial charge on any atom is 0 e. The van der Waals surface area contributed by atoms with Crippen LogP contribution in [0.4, 0.5) is 0 Å². The predicted molar refractivity (Wildman–Crippen MR) is 23.0 cm³/mol. The minimum absolute atomic E-state index is 0. The molecular weight excluding hydrogens is 563 g/mol. The van der Waals surface area contributed by atoms with Crippen LogP contribution in [0.5, 0.6) is 0 Å². The molecule has 0 amide bonds. The first kappa shape index (κ1) is 26.5. The average Bonchev–Trinajstić information content (AvgIpc) is 0. The molecule has 0 atom stereocenters. The van der Waals surface area contributed by atoms with E-state index in [9.17, 15) is 0 Å². The summed E-state index contributed by atoms with van der Waals surface area (Å²) in [5.74, 6) is 0. The van der Waals surface area contributed by atoms with Gasteiger partial charge in [0.05, 0.1) is 0 Å². The predicted octanol–water partition coefficient (Wildman–Crippen LogP) is -1.52. The van der Waals surface area contributed by atoms with Gasteiger partial charge in [-0.05, 0) is 0 Å². The second-order valence-corrected chi connectivity index (χ2v) is 0. The van der Waals surface area contributed by atoms with Crippen LogP contribution in [0.3, 0.4) is 0 Å². The molecule has 4 heavy (non-hydrogen) atoms. The van der Waals surface area contributed by atoms with Crippen molar-refractivity contribution in [2.24, 2.45) is 0 Å². The van der Waals surface area contributed by atoms with Crippen LogP contribution in [0.15, 0.2) is 0 Å². The molecule has 16 valence electrons. The van der Waals surface area contributed by atoms with Gasteiger partial charge in [0.1, 0.15) is 0 Å². The third-order valence-electron chi connectivity index (χ3n) is 0. The van der Waals surface area contributed by atoms with Crippen LogP contribution in [0.2, 0.25) is 0 Å². The van der Waals surface area contributed by atoms with E-state index in [-0.39, 0.29) is 99.0 Å². The molecule has 0 unspecified atom stereocenters. The van der Waals surface area contributed by atoms with E-state index in [4.69, 9.17) is 0 Å². The van der Waals surface area contributed by atoms with Crippen molar-refractivity contribution in [2.45, 2.75) is 0 Å². The largest absolute Gasteiger partial charge is 0 e. The Hall–Kier alpha value is 3.32. The first-order valence-electron chi connectivity index (χ1n) is 0. The van der Waals surface area contributed by atoms with Gasteiger partial charge in [0, 0.05) is 99.0 Å². The SMILES string of the molecule is [Pb].[Sn].[Sn].[Sn]. The van der Waals surface area contributed by atoms with Gasteiger partial charge in [0.2, 0.25) is 0 Å². The third-order valence-corrected chi connectivity index (χ3v) is 0. The molecule has 16 radical (unpaired) electrons. The molecule has 0 aromatic carbocycles. The smallest absolute Gasteiger partial charge is 0 e. The zero-order valence-corrected chi connectivity index (χ0v) is 14.4. The van der Waals surface area contributed by atoms with Crippen LogP contribution in [-0.2, 0) is 0 Å². The van der Waals surface area contributed by atoms with Crippen LogP contribution in [-0.4, -0.2) is 99.0 Å². The molecule has 4 heteroatoms. The van der Waals surface area contributed by atoms with E-state index in [0.717, 1.165) is 0 Å². The number of hydrogen-bond acceptors (Lipinski definition) is 0. The Morgan fingerprint density at radius 2 is 0.500 bits per heavy atom. The molecule has 0 aliphatic carbocycles. The van der Waals surface area contributed by atoms with Crippen molar-refractivity contribution in [3.63, 3.8) is 0 Å². The Morgan fingerprint density at radius 3 is 0.500 bits per heavy atom. The van der Waals surface area contributed by atoms with Crippen LogP contribution in [0.1, 0.15) is 0 Å². The molecule has 0 aromatic rings. The Kier molecular flexibility index (Phi) is 108. The van der Waals surface area contributed by atoms with Gasteiger partial charge >= 0.3 is 0 Å². The molecule has 0 N–H and O–H groups in total. The van der Waals surface area contributed by atoms with Gasteiger partial charge < -0.3 is 0 Å². The second-order valence-electron chi connectivity index (χ2n) is 0. The van der Waals surface area contributed by atoms with Crippen LogP contribution >= 0.6 is 0 Å². The van der Waals surface area contributed by atoms with Crippen LogP contribution in [0, 0.1) is 0 Å². The van der Waals surface area contributed by atoms with Crippen molar-refractivity contribution in [1.82, 2.24) is 0 Å². The van der Waals surface area contributed by atoms with E-state index in [1.54, 1.807) is 0 Å². The summed E-state index contributed by atoms with van der Waals surface area (Å²) in [5.41, 5.74) is 0. The summed E-state index contributed by atoms with van der Waals surface area (Å²) in [6, 6.07) is 0. The van der Waals surface area contributed by atoms with Gasteiger partial charge in [-0.25, -0.2) is 0 Å². The maximum absolute atomic E-state index is 0. The molecule has 0 heterocycles. The molecule has 0 spiro atoms. The standard InChI is InChI=1S/Pb.3Sn. The molecule has 0 aliphatic heterocycles. The molecule has 0 fully saturated rings.